The van der Waals surface area contributed by atoms with Crippen LogP contribution in [0.4, 0.5) is 5.69 Å². The highest BCUT2D eigenvalue weighted by Gasteiger charge is 2.23. The van der Waals surface area contributed by atoms with Gasteiger partial charge in [-0.15, -0.1) is 0 Å². The van der Waals surface area contributed by atoms with Gasteiger partial charge >= 0.3 is 0 Å². The summed E-state index contributed by atoms with van der Waals surface area (Å²) in [6, 6.07) is 2.24. The van der Waals surface area contributed by atoms with Crippen molar-refractivity contribution in [3.8, 4) is 0 Å². The average Bonchev–Trinajstić information content (AvgIpc) is 2.31. The molecule has 0 bridgehead atoms. The van der Waals surface area contributed by atoms with Crippen LogP contribution in [0, 0.1) is 24.0 Å². The largest absolute Gasteiger partial charge is 0.274 e. The lowest BCUT2D eigenvalue weighted by Crippen LogP contribution is -2.30. The number of nitro groups is 1. The van der Waals surface area contributed by atoms with Crippen molar-refractivity contribution in [3.05, 3.63) is 33.4 Å². The van der Waals surface area contributed by atoms with Crippen LogP contribution < -0.4 is 4.72 Å². The Kier molecular flexibility index (Phi) is 4.25. The van der Waals surface area contributed by atoms with Gasteiger partial charge in [0.1, 0.15) is 0 Å². The number of sulfonamides is 1. The van der Waals surface area contributed by atoms with E-state index >= 15 is 0 Å². The number of amides is 1. The van der Waals surface area contributed by atoms with E-state index in [1.807, 2.05) is 4.72 Å². The predicted octanol–water partition coefficient (Wildman–Crippen LogP) is 1.43. The minimum absolute atomic E-state index is 0.00614. The summed E-state index contributed by atoms with van der Waals surface area (Å²) in [5, 5.41) is 10.7. The number of carbonyl (C=O) groups excluding carboxylic acids is 1. The van der Waals surface area contributed by atoms with Crippen LogP contribution in [-0.4, -0.2) is 19.2 Å². The highest BCUT2D eigenvalue weighted by Crippen LogP contribution is 2.25. The lowest BCUT2D eigenvalue weighted by molar-refractivity contribution is -0.385. The van der Waals surface area contributed by atoms with E-state index in [4.69, 9.17) is 0 Å². The van der Waals surface area contributed by atoms with Crippen molar-refractivity contribution in [2.75, 3.05) is 0 Å². The fraction of sp³-hybridized carbons (Fsp3) is 0.364. The van der Waals surface area contributed by atoms with Gasteiger partial charge in [0.15, 0.2) is 0 Å². The minimum atomic E-state index is -4.08. The minimum Gasteiger partial charge on any atom is -0.274 e. The predicted molar refractivity (Wildman–Crippen MR) is 68.2 cm³/mol. The van der Waals surface area contributed by atoms with Gasteiger partial charge in [0.2, 0.25) is 5.91 Å². The smallest absolute Gasteiger partial charge is 0.271 e. The molecular weight excluding hydrogens is 272 g/mol. The fourth-order valence-corrected chi connectivity index (χ4v) is 2.86. The number of carbonyl (C=O) groups is 1. The number of rotatable bonds is 4. The Hall–Kier alpha value is -1.96. The number of benzene rings is 1. The van der Waals surface area contributed by atoms with Gasteiger partial charge in [-0.1, -0.05) is 6.92 Å². The summed E-state index contributed by atoms with van der Waals surface area (Å²) in [7, 11) is -4.08. The molecule has 0 unspecified atom stereocenters. The molecular formula is C11H14N2O5S. The molecule has 0 saturated carbocycles. The zero-order chi connectivity index (χ0) is 14.8. The van der Waals surface area contributed by atoms with E-state index in [1.165, 1.54) is 19.9 Å². The number of hydrogen-bond donors (Lipinski definition) is 1. The Bertz CT molecular complexity index is 637. The molecule has 0 atom stereocenters. The lowest BCUT2D eigenvalue weighted by Gasteiger charge is -2.10. The second-order valence-electron chi connectivity index (χ2n) is 4.03. The molecule has 1 aromatic rings. The normalized spacial score (nSPS) is 11.1. The first-order chi connectivity index (χ1) is 8.69. The van der Waals surface area contributed by atoms with E-state index in [1.54, 1.807) is 6.92 Å². The summed E-state index contributed by atoms with van der Waals surface area (Å²) in [5.41, 5.74) is 0.521. The zero-order valence-corrected chi connectivity index (χ0v) is 11.6. The molecule has 0 aromatic heterocycles. The molecule has 0 heterocycles. The third kappa shape index (κ3) is 3.28. The Morgan fingerprint density at radius 2 is 1.95 bits per heavy atom. The summed E-state index contributed by atoms with van der Waals surface area (Å²) in [5.74, 6) is -0.663. The van der Waals surface area contributed by atoms with Gasteiger partial charge < -0.3 is 0 Å². The second kappa shape index (κ2) is 5.35. The van der Waals surface area contributed by atoms with E-state index in [9.17, 15) is 23.3 Å². The molecule has 1 amide bonds. The molecule has 1 rings (SSSR count). The molecule has 0 aliphatic rings. The van der Waals surface area contributed by atoms with Gasteiger partial charge in [0, 0.05) is 18.6 Å². The summed E-state index contributed by atoms with van der Waals surface area (Å²) in [6.07, 6.45) is 0.00614. The molecule has 0 radical (unpaired) electrons. The Morgan fingerprint density at radius 3 is 2.42 bits per heavy atom. The van der Waals surface area contributed by atoms with Gasteiger partial charge in [0.05, 0.1) is 9.82 Å². The van der Waals surface area contributed by atoms with Gasteiger partial charge in [0.25, 0.3) is 15.7 Å². The maximum Gasteiger partial charge on any atom is 0.271 e. The van der Waals surface area contributed by atoms with Crippen molar-refractivity contribution in [1.29, 1.82) is 0 Å². The molecule has 1 aromatic carbocycles. The van der Waals surface area contributed by atoms with E-state index < -0.39 is 20.9 Å². The molecule has 19 heavy (non-hydrogen) atoms. The van der Waals surface area contributed by atoms with Crippen LogP contribution in [0.15, 0.2) is 17.0 Å². The Balaban J connectivity index is 3.41. The van der Waals surface area contributed by atoms with Crippen molar-refractivity contribution >= 4 is 21.6 Å². The first-order valence-electron chi connectivity index (χ1n) is 5.50. The van der Waals surface area contributed by atoms with Crippen LogP contribution in [0.1, 0.15) is 24.5 Å². The van der Waals surface area contributed by atoms with Crippen LogP contribution in [0.3, 0.4) is 0 Å². The molecule has 0 spiro atoms. The number of nitro benzene ring substituents is 1. The number of aryl methyl sites for hydroxylation is 1. The maximum absolute atomic E-state index is 12.0. The van der Waals surface area contributed by atoms with Crippen molar-refractivity contribution in [3.63, 3.8) is 0 Å². The highest BCUT2D eigenvalue weighted by molar-refractivity contribution is 7.90. The van der Waals surface area contributed by atoms with Gasteiger partial charge in [-0.05, 0) is 25.0 Å². The number of hydrogen-bond acceptors (Lipinski definition) is 5. The summed E-state index contributed by atoms with van der Waals surface area (Å²) >= 11 is 0. The summed E-state index contributed by atoms with van der Waals surface area (Å²) in [4.78, 5) is 21.0. The van der Waals surface area contributed by atoms with Crippen molar-refractivity contribution in [1.82, 2.24) is 4.72 Å². The van der Waals surface area contributed by atoms with Crippen molar-refractivity contribution in [2.45, 2.75) is 32.1 Å². The van der Waals surface area contributed by atoms with Gasteiger partial charge in [-0.25, -0.2) is 13.1 Å². The number of non-ortho nitro benzene ring substituents is 1. The highest BCUT2D eigenvalue weighted by atomic mass is 32.2. The van der Waals surface area contributed by atoms with Crippen LogP contribution >= 0.6 is 0 Å². The van der Waals surface area contributed by atoms with Crippen LogP contribution in [0.2, 0.25) is 0 Å². The molecule has 0 saturated heterocycles. The molecule has 1 N–H and O–H groups in total. The molecule has 8 heteroatoms. The first kappa shape index (κ1) is 15.1. The third-order valence-electron chi connectivity index (χ3n) is 2.67. The van der Waals surface area contributed by atoms with E-state index in [-0.39, 0.29) is 17.0 Å². The van der Waals surface area contributed by atoms with Crippen LogP contribution in [0.5, 0.6) is 0 Å². The first-order valence-corrected chi connectivity index (χ1v) is 6.98. The van der Waals surface area contributed by atoms with Crippen LogP contribution in [0.25, 0.3) is 0 Å². The van der Waals surface area contributed by atoms with Gasteiger partial charge in [-0.3, -0.25) is 14.9 Å². The molecule has 104 valence electrons. The maximum atomic E-state index is 12.0. The molecule has 0 aliphatic heterocycles. The SMILES string of the molecule is CCC(=O)NS(=O)(=O)c1cc([N+](=O)[O-])cc(C)c1C. The number of nitrogens with one attached hydrogen (secondary N) is 1. The molecule has 7 nitrogen and oxygen atoms in total. The van der Waals surface area contributed by atoms with E-state index in [0.29, 0.717) is 11.1 Å². The van der Waals surface area contributed by atoms with Crippen molar-refractivity contribution in [2.24, 2.45) is 0 Å². The standard InChI is InChI=1S/C11H14N2O5S/c1-4-11(14)12-19(17,18)10-6-9(13(15)16)5-7(2)8(10)3/h5-6H,4H2,1-3H3,(H,12,14). The van der Waals surface area contributed by atoms with Gasteiger partial charge in [-0.2, -0.15) is 0 Å². The average molecular weight is 286 g/mol. The third-order valence-corrected chi connectivity index (χ3v) is 4.17. The lowest BCUT2D eigenvalue weighted by atomic mass is 10.1. The quantitative estimate of drug-likeness (QED) is 0.665. The summed E-state index contributed by atoms with van der Waals surface area (Å²) in [6.45, 7) is 4.61. The van der Waals surface area contributed by atoms with E-state index in [0.717, 1.165) is 6.07 Å². The monoisotopic (exact) mass is 286 g/mol. The summed E-state index contributed by atoms with van der Waals surface area (Å²) < 4.78 is 25.9. The van der Waals surface area contributed by atoms with Crippen LogP contribution in [-0.2, 0) is 14.8 Å². The topological polar surface area (TPSA) is 106 Å². The zero-order valence-electron chi connectivity index (χ0n) is 10.8. The Labute approximate surface area is 110 Å². The Morgan fingerprint density at radius 1 is 1.37 bits per heavy atom. The number of nitrogens with zero attached hydrogens (tertiary/aromatic N) is 1. The fourth-order valence-electron chi connectivity index (χ4n) is 1.47. The molecule has 0 fully saturated rings. The second-order valence-corrected chi connectivity index (χ2v) is 5.68. The molecule has 0 aliphatic carbocycles. The van der Waals surface area contributed by atoms with E-state index in [2.05, 4.69) is 0 Å². The van der Waals surface area contributed by atoms with Crippen molar-refractivity contribution < 1.29 is 18.1 Å².